The summed E-state index contributed by atoms with van der Waals surface area (Å²) in [5, 5.41) is 0.385. The van der Waals surface area contributed by atoms with E-state index in [9.17, 15) is 4.79 Å². The van der Waals surface area contributed by atoms with E-state index in [1.165, 1.54) is 0 Å². The number of fused-ring (bicyclic) bond motifs is 1. The van der Waals surface area contributed by atoms with Crippen LogP contribution in [0.25, 0.3) is 0 Å². The largest absolute Gasteiger partial charge is 0.490 e. The van der Waals surface area contributed by atoms with E-state index in [0.29, 0.717) is 41.9 Å². The SMILES string of the molecule is CC1(C(=O)c2cc3c(cc2Cl)OCCCO3)CCCO1. The van der Waals surface area contributed by atoms with Crippen molar-refractivity contribution in [3.63, 3.8) is 0 Å². The number of benzene rings is 1. The summed E-state index contributed by atoms with van der Waals surface area (Å²) in [7, 11) is 0. The first-order valence-corrected chi connectivity index (χ1v) is 7.26. The van der Waals surface area contributed by atoms with E-state index in [0.717, 1.165) is 19.3 Å². The summed E-state index contributed by atoms with van der Waals surface area (Å²) in [6.45, 7) is 3.61. The van der Waals surface area contributed by atoms with Crippen LogP contribution in [0.3, 0.4) is 0 Å². The minimum Gasteiger partial charge on any atom is -0.490 e. The molecule has 2 heterocycles. The van der Waals surface area contributed by atoms with Crippen molar-refractivity contribution in [3.05, 3.63) is 22.7 Å². The first-order valence-electron chi connectivity index (χ1n) is 6.88. The Kier molecular flexibility index (Phi) is 3.61. The Morgan fingerprint density at radius 2 is 1.85 bits per heavy atom. The number of carbonyl (C=O) groups excluding carboxylic acids is 1. The highest BCUT2D eigenvalue weighted by Gasteiger charge is 2.39. The fourth-order valence-electron chi connectivity index (χ4n) is 2.60. The number of ketones is 1. The third-order valence-electron chi connectivity index (χ3n) is 3.78. The van der Waals surface area contributed by atoms with Crippen LogP contribution in [0.5, 0.6) is 11.5 Å². The number of carbonyl (C=O) groups is 1. The van der Waals surface area contributed by atoms with Crippen LogP contribution in [-0.2, 0) is 4.74 Å². The van der Waals surface area contributed by atoms with Crippen LogP contribution >= 0.6 is 11.6 Å². The van der Waals surface area contributed by atoms with Gasteiger partial charge in [0.2, 0.25) is 0 Å². The van der Waals surface area contributed by atoms with Gasteiger partial charge in [0.25, 0.3) is 0 Å². The Balaban J connectivity index is 1.97. The molecule has 2 aliphatic heterocycles. The van der Waals surface area contributed by atoms with E-state index >= 15 is 0 Å². The van der Waals surface area contributed by atoms with Crippen molar-refractivity contribution in [2.75, 3.05) is 19.8 Å². The molecule has 0 N–H and O–H groups in total. The quantitative estimate of drug-likeness (QED) is 0.786. The molecule has 3 rings (SSSR count). The van der Waals surface area contributed by atoms with E-state index in [-0.39, 0.29) is 5.78 Å². The molecule has 5 heteroatoms. The molecule has 1 unspecified atom stereocenters. The molecule has 108 valence electrons. The van der Waals surface area contributed by atoms with Gasteiger partial charge in [0.15, 0.2) is 17.3 Å². The second-order valence-corrected chi connectivity index (χ2v) is 5.75. The fourth-order valence-corrected chi connectivity index (χ4v) is 2.84. The van der Waals surface area contributed by atoms with Gasteiger partial charge < -0.3 is 14.2 Å². The molecule has 0 saturated carbocycles. The molecule has 0 amide bonds. The topological polar surface area (TPSA) is 44.8 Å². The van der Waals surface area contributed by atoms with Crippen LogP contribution in [-0.4, -0.2) is 31.2 Å². The van der Waals surface area contributed by atoms with E-state index in [1.807, 2.05) is 6.92 Å². The summed E-state index contributed by atoms with van der Waals surface area (Å²) in [5.41, 5.74) is -0.330. The smallest absolute Gasteiger partial charge is 0.195 e. The summed E-state index contributed by atoms with van der Waals surface area (Å²) in [6.07, 6.45) is 2.43. The molecule has 0 bridgehead atoms. The molecule has 2 aliphatic rings. The molecule has 4 nitrogen and oxygen atoms in total. The van der Waals surface area contributed by atoms with E-state index < -0.39 is 5.60 Å². The number of halogens is 1. The molecule has 1 aromatic rings. The van der Waals surface area contributed by atoms with Crippen LogP contribution in [0.15, 0.2) is 12.1 Å². The van der Waals surface area contributed by atoms with Crippen molar-refractivity contribution < 1.29 is 19.0 Å². The van der Waals surface area contributed by atoms with E-state index in [2.05, 4.69) is 0 Å². The average molecular weight is 297 g/mol. The normalized spacial score (nSPS) is 25.3. The lowest BCUT2D eigenvalue weighted by Crippen LogP contribution is -2.34. The Labute approximate surface area is 123 Å². The molecule has 0 spiro atoms. The first kappa shape index (κ1) is 13.7. The predicted molar refractivity (Wildman–Crippen MR) is 75.0 cm³/mol. The second-order valence-electron chi connectivity index (χ2n) is 5.34. The van der Waals surface area contributed by atoms with Crippen molar-refractivity contribution in [3.8, 4) is 11.5 Å². The van der Waals surface area contributed by atoms with Crippen molar-refractivity contribution in [2.45, 2.75) is 31.8 Å². The van der Waals surface area contributed by atoms with Crippen LogP contribution < -0.4 is 9.47 Å². The van der Waals surface area contributed by atoms with Gasteiger partial charge in [-0.15, -0.1) is 0 Å². The molecule has 0 aliphatic carbocycles. The first-order chi connectivity index (χ1) is 9.60. The molecule has 1 fully saturated rings. The van der Waals surface area contributed by atoms with E-state index in [4.69, 9.17) is 25.8 Å². The zero-order chi connectivity index (χ0) is 14.2. The number of hydrogen-bond acceptors (Lipinski definition) is 4. The molecule has 0 radical (unpaired) electrons. The summed E-state index contributed by atoms with van der Waals surface area (Å²) in [6, 6.07) is 3.34. The zero-order valence-electron chi connectivity index (χ0n) is 11.4. The third-order valence-corrected chi connectivity index (χ3v) is 4.09. The zero-order valence-corrected chi connectivity index (χ0v) is 12.2. The van der Waals surface area contributed by atoms with Crippen LogP contribution in [0.1, 0.15) is 36.5 Å². The van der Waals surface area contributed by atoms with Crippen molar-refractivity contribution in [1.29, 1.82) is 0 Å². The van der Waals surface area contributed by atoms with Crippen LogP contribution in [0.2, 0.25) is 5.02 Å². The van der Waals surface area contributed by atoms with Gasteiger partial charge in [-0.2, -0.15) is 0 Å². The summed E-state index contributed by atoms with van der Waals surface area (Å²) < 4.78 is 16.8. The molecule has 20 heavy (non-hydrogen) atoms. The summed E-state index contributed by atoms with van der Waals surface area (Å²) in [5.74, 6) is 1.09. The summed E-state index contributed by atoms with van der Waals surface area (Å²) in [4.78, 5) is 12.7. The highest BCUT2D eigenvalue weighted by molar-refractivity contribution is 6.34. The maximum absolute atomic E-state index is 12.7. The van der Waals surface area contributed by atoms with Gasteiger partial charge in [-0.3, -0.25) is 4.79 Å². The minimum absolute atomic E-state index is 0.0874. The lowest BCUT2D eigenvalue weighted by molar-refractivity contribution is 0.0213. The van der Waals surface area contributed by atoms with Gasteiger partial charge in [-0.25, -0.2) is 0 Å². The second kappa shape index (κ2) is 5.26. The van der Waals surface area contributed by atoms with Gasteiger partial charge in [0.1, 0.15) is 5.60 Å². The Hall–Kier alpha value is -1.26. The van der Waals surface area contributed by atoms with Crippen LogP contribution in [0.4, 0.5) is 0 Å². The lowest BCUT2D eigenvalue weighted by Gasteiger charge is -2.22. The number of Topliss-reactive ketones (excluding diaryl/α,β-unsaturated/α-hetero) is 1. The van der Waals surface area contributed by atoms with Gasteiger partial charge in [0, 0.05) is 24.7 Å². The molecule has 1 aromatic carbocycles. The minimum atomic E-state index is -0.774. The maximum Gasteiger partial charge on any atom is 0.195 e. The summed E-state index contributed by atoms with van der Waals surface area (Å²) >= 11 is 6.24. The monoisotopic (exact) mass is 296 g/mol. The highest BCUT2D eigenvalue weighted by Crippen LogP contribution is 2.38. The number of ether oxygens (including phenoxy) is 3. The van der Waals surface area contributed by atoms with Crippen molar-refractivity contribution in [1.82, 2.24) is 0 Å². The van der Waals surface area contributed by atoms with Gasteiger partial charge >= 0.3 is 0 Å². The average Bonchev–Trinajstić information content (AvgIpc) is 2.75. The van der Waals surface area contributed by atoms with Gasteiger partial charge in [-0.1, -0.05) is 11.6 Å². The van der Waals surface area contributed by atoms with Gasteiger partial charge in [0.05, 0.1) is 18.2 Å². The van der Waals surface area contributed by atoms with E-state index in [1.54, 1.807) is 12.1 Å². The number of hydrogen-bond donors (Lipinski definition) is 0. The third kappa shape index (κ3) is 2.38. The molecular formula is C15H17ClO4. The Bertz CT molecular complexity index is 535. The molecule has 0 aromatic heterocycles. The Morgan fingerprint density at radius 1 is 1.15 bits per heavy atom. The Morgan fingerprint density at radius 3 is 2.50 bits per heavy atom. The standard InChI is InChI=1S/C15H17ClO4/c1-15(4-2-7-20-15)14(17)10-8-12-13(9-11(10)16)19-6-3-5-18-12/h8-9H,2-7H2,1H3. The predicted octanol–water partition coefficient (Wildman–Crippen LogP) is 3.25. The van der Waals surface area contributed by atoms with Crippen LogP contribution in [0, 0.1) is 0 Å². The number of rotatable bonds is 2. The lowest BCUT2D eigenvalue weighted by atomic mass is 9.92. The fraction of sp³-hybridized carbons (Fsp3) is 0.533. The van der Waals surface area contributed by atoms with Crippen molar-refractivity contribution >= 4 is 17.4 Å². The molecular weight excluding hydrogens is 280 g/mol. The molecule has 1 saturated heterocycles. The maximum atomic E-state index is 12.7. The van der Waals surface area contributed by atoms with Crippen molar-refractivity contribution in [2.24, 2.45) is 0 Å². The highest BCUT2D eigenvalue weighted by atomic mass is 35.5. The van der Waals surface area contributed by atoms with Gasteiger partial charge in [-0.05, 0) is 25.8 Å². The molecule has 1 atom stereocenters.